The minimum absolute atomic E-state index is 0.0960. The number of rotatable bonds is 5. The molecule has 0 fully saturated rings. The van der Waals surface area contributed by atoms with Gasteiger partial charge in [0.05, 0.1) is 41.4 Å². The van der Waals surface area contributed by atoms with Crippen LogP contribution in [-0.4, -0.2) is 19.5 Å². The average Bonchev–Trinajstić information content (AvgIpc) is 2.88. The fourth-order valence-electron chi connectivity index (χ4n) is 4.32. The quantitative estimate of drug-likeness (QED) is 0.256. The smallest absolute Gasteiger partial charge is 0.420 e. The monoisotopic (exact) mass is 557 g/mol. The molecule has 0 aliphatic rings. The first kappa shape index (κ1) is 26.7. The summed E-state index contributed by atoms with van der Waals surface area (Å²) in [5.74, 6) is -4.33. The summed E-state index contributed by atoms with van der Waals surface area (Å²) in [6, 6.07) is 7.37. The fraction of sp³-hybridized carbons (Fsp3) is 0.111. The van der Waals surface area contributed by atoms with Crippen molar-refractivity contribution in [2.75, 3.05) is 5.73 Å². The van der Waals surface area contributed by atoms with Gasteiger partial charge in [0, 0.05) is 23.3 Å². The molecule has 1 atom stereocenters. The zero-order valence-corrected chi connectivity index (χ0v) is 20.4. The molecule has 0 spiro atoms. The van der Waals surface area contributed by atoms with Gasteiger partial charge in [-0.05, 0) is 31.2 Å². The van der Waals surface area contributed by atoms with Crippen molar-refractivity contribution < 1.29 is 31.1 Å². The zero-order valence-electron chi connectivity index (χ0n) is 20.4. The summed E-state index contributed by atoms with van der Waals surface area (Å²) < 4.78 is 91.7. The number of benzene rings is 3. The largest absolute Gasteiger partial charge is 0.457 e. The molecule has 7 nitrogen and oxygen atoms in total. The average molecular weight is 557 g/mol. The molecule has 0 aliphatic heterocycles. The first-order valence-electron chi connectivity index (χ1n) is 11.6. The van der Waals surface area contributed by atoms with E-state index in [-0.39, 0.29) is 33.7 Å². The van der Waals surface area contributed by atoms with Gasteiger partial charge >= 0.3 is 6.18 Å². The maximum absolute atomic E-state index is 14.4. The Morgan fingerprint density at radius 3 is 2.27 bits per heavy atom. The number of ether oxygens (including phenoxy) is 1. The molecule has 0 amide bonds. The van der Waals surface area contributed by atoms with E-state index in [1.807, 2.05) is 0 Å². The van der Waals surface area contributed by atoms with Crippen molar-refractivity contribution in [3.05, 3.63) is 106 Å². The van der Waals surface area contributed by atoms with E-state index in [1.165, 1.54) is 48.1 Å². The summed E-state index contributed by atoms with van der Waals surface area (Å²) in [6.07, 6.45) is -1.47. The number of alkyl halides is 3. The molecule has 5 rings (SSSR count). The number of fused-ring (bicyclic) bond motifs is 1. The summed E-state index contributed by atoms with van der Waals surface area (Å²) in [7, 11) is 0. The molecule has 204 valence electrons. The lowest BCUT2D eigenvalue weighted by molar-refractivity contribution is -0.138. The van der Waals surface area contributed by atoms with Crippen molar-refractivity contribution in [2.24, 2.45) is 0 Å². The molecule has 0 aliphatic carbocycles. The number of hydrogen-bond acceptors (Lipinski definition) is 6. The first-order valence-corrected chi connectivity index (χ1v) is 11.6. The van der Waals surface area contributed by atoms with Gasteiger partial charge in [-0.3, -0.25) is 4.79 Å². The van der Waals surface area contributed by atoms with Crippen LogP contribution in [-0.2, 0) is 6.18 Å². The lowest BCUT2D eigenvalue weighted by Gasteiger charge is -2.20. The van der Waals surface area contributed by atoms with Gasteiger partial charge in [0.1, 0.15) is 34.5 Å². The Labute approximate surface area is 221 Å². The molecular weight excluding hydrogens is 540 g/mol. The van der Waals surface area contributed by atoms with E-state index in [9.17, 15) is 31.1 Å². The van der Waals surface area contributed by atoms with Gasteiger partial charge in [0.2, 0.25) is 0 Å². The Hall–Kier alpha value is -4.94. The first-order chi connectivity index (χ1) is 18.9. The van der Waals surface area contributed by atoms with Crippen LogP contribution in [0.5, 0.6) is 11.5 Å². The number of anilines is 1. The van der Waals surface area contributed by atoms with Crippen LogP contribution in [0.25, 0.3) is 22.3 Å². The van der Waals surface area contributed by atoms with Gasteiger partial charge in [0.25, 0.3) is 5.56 Å². The Kier molecular flexibility index (Phi) is 6.65. The van der Waals surface area contributed by atoms with Crippen LogP contribution in [0.15, 0.2) is 72.0 Å². The van der Waals surface area contributed by atoms with E-state index in [0.29, 0.717) is 12.1 Å². The van der Waals surface area contributed by atoms with Gasteiger partial charge in [-0.25, -0.2) is 23.1 Å². The van der Waals surface area contributed by atoms with Crippen molar-refractivity contribution in [3.8, 4) is 22.9 Å². The van der Waals surface area contributed by atoms with Crippen molar-refractivity contribution in [2.45, 2.75) is 19.1 Å². The Morgan fingerprint density at radius 2 is 1.62 bits per heavy atom. The van der Waals surface area contributed by atoms with Gasteiger partial charge in [-0.15, -0.1) is 0 Å². The third-order valence-corrected chi connectivity index (χ3v) is 6.11. The highest BCUT2D eigenvalue weighted by atomic mass is 19.4. The van der Waals surface area contributed by atoms with Crippen LogP contribution in [0.1, 0.15) is 24.1 Å². The second kappa shape index (κ2) is 9.98. The summed E-state index contributed by atoms with van der Waals surface area (Å²) in [5, 5.41) is -0.0960. The van der Waals surface area contributed by atoms with Crippen LogP contribution in [0, 0.1) is 17.5 Å². The molecule has 0 bridgehead atoms. The number of nitrogens with two attached hydrogens (primary N) is 1. The van der Waals surface area contributed by atoms with E-state index in [2.05, 4.69) is 15.0 Å². The molecular formula is C27H17F6N5O2. The molecule has 0 radical (unpaired) electrons. The lowest BCUT2D eigenvalue weighted by atomic mass is 10.0. The third kappa shape index (κ3) is 4.93. The molecule has 2 heterocycles. The van der Waals surface area contributed by atoms with Crippen LogP contribution >= 0.6 is 0 Å². The number of nitrogens with zero attached hydrogens (tertiary/aromatic N) is 4. The Morgan fingerprint density at radius 1 is 0.950 bits per heavy atom. The predicted molar refractivity (Wildman–Crippen MR) is 133 cm³/mol. The summed E-state index contributed by atoms with van der Waals surface area (Å²) in [5.41, 5.74) is 3.13. The summed E-state index contributed by atoms with van der Waals surface area (Å²) in [4.78, 5) is 24.1. The SMILES string of the molecule is C[C@H](c1c(F)cc(F)cc1F)n1cnc(=O)c2cc(Oc3cccc(-c4ncc(N)cn4)c3C(F)(F)F)ccc21. The normalized spacial score (nSPS) is 12.5. The number of nitrogen functional groups attached to an aromatic ring is 1. The second-order valence-electron chi connectivity index (χ2n) is 8.71. The maximum Gasteiger partial charge on any atom is 0.420 e. The van der Waals surface area contributed by atoms with Crippen LogP contribution < -0.4 is 16.0 Å². The summed E-state index contributed by atoms with van der Waals surface area (Å²) >= 11 is 0. The molecule has 5 aromatic rings. The minimum atomic E-state index is -4.87. The number of halogens is 6. The highest BCUT2D eigenvalue weighted by Gasteiger charge is 2.38. The van der Waals surface area contributed by atoms with Crippen molar-refractivity contribution in [1.29, 1.82) is 0 Å². The number of aromatic nitrogens is 4. The van der Waals surface area contributed by atoms with Crippen LogP contribution in [0.2, 0.25) is 0 Å². The van der Waals surface area contributed by atoms with E-state index in [1.54, 1.807) is 0 Å². The van der Waals surface area contributed by atoms with Crippen molar-refractivity contribution in [1.82, 2.24) is 19.5 Å². The molecule has 0 saturated carbocycles. The molecule has 0 saturated heterocycles. The number of hydrogen-bond donors (Lipinski definition) is 1. The third-order valence-electron chi connectivity index (χ3n) is 6.11. The van der Waals surface area contributed by atoms with Crippen molar-refractivity contribution >= 4 is 16.6 Å². The molecule has 3 aromatic carbocycles. The van der Waals surface area contributed by atoms with Gasteiger partial charge in [0.15, 0.2) is 5.82 Å². The van der Waals surface area contributed by atoms with Crippen molar-refractivity contribution in [3.63, 3.8) is 0 Å². The van der Waals surface area contributed by atoms with E-state index >= 15 is 0 Å². The van der Waals surface area contributed by atoms with E-state index < -0.39 is 52.1 Å². The molecule has 0 unspecified atom stereocenters. The molecule has 2 N–H and O–H groups in total. The van der Waals surface area contributed by atoms with E-state index in [4.69, 9.17) is 10.5 Å². The Bertz CT molecular complexity index is 1780. The highest BCUT2D eigenvalue weighted by Crippen LogP contribution is 2.43. The minimum Gasteiger partial charge on any atom is -0.457 e. The Balaban J connectivity index is 1.59. The lowest BCUT2D eigenvalue weighted by Crippen LogP contribution is -2.18. The van der Waals surface area contributed by atoms with Crippen LogP contribution in [0.3, 0.4) is 0 Å². The molecule has 2 aromatic heterocycles. The second-order valence-corrected chi connectivity index (χ2v) is 8.71. The molecule has 13 heteroatoms. The van der Waals surface area contributed by atoms with Gasteiger partial charge in [-0.1, -0.05) is 12.1 Å². The van der Waals surface area contributed by atoms with Gasteiger partial charge in [-0.2, -0.15) is 18.2 Å². The standard InChI is InChI=1S/C27H17F6N5O2/c1-13(23-19(29)7-14(28)8-20(23)30)38-12-37-26(39)18-9-16(5-6-21(18)38)40-22-4-2-3-17(24(22)27(31,32)33)25-35-10-15(34)11-36-25/h2-13H,34H2,1H3/t13-/m1/s1. The van der Waals surface area contributed by atoms with E-state index in [0.717, 1.165) is 18.5 Å². The zero-order chi connectivity index (χ0) is 28.8. The highest BCUT2D eigenvalue weighted by molar-refractivity contribution is 5.80. The topological polar surface area (TPSA) is 95.9 Å². The molecule has 40 heavy (non-hydrogen) atoms. The van der Waals surface area contributed by atoms with Gasteiger partial charge < -0.3 is 15.0 Å². The fourth-order valence-corrected chi connectivity index (χ4v) is 4.32. The summed E-state index contributed by atoms with van der Waals surface area (Å²) in [6.45, 7) is 1.41. The maximum atomic E-state index is 14.4. The predicted octanol–water partition coefficient (Wildman–Crippen LogP) is 6.27. The van der Waals surface area contributed by atoms with Crippen LogP contribution in [0.4, 0.5) is 32.0 Å².